The Morgan fingerprint density at radius 3 is 2.24 bits per heavy atom. The van der Waals surface area contributed by atoms with E-state index in [1.165, 1.54) is 12.2 Å². The number of allylic oxidation sites excluding steroid dienone is 5. The molecule has 0 aliphatic heterocycles. The molecule has 3 atom stereocenters. The fraction of sp³-hybridized carbons (Fsp3) is 0.531. The molecule has 1 aromatic rings. The van der Waals surface area contributed by atoms with Gasteiger partial charge in [0.05, 0.1) is 6.04 Å². The molecule has 0 N–H and O–H groups in total. The predicted octanol–water partition coefficient (Wildman–Crippen LogP) is 8.42. The second-order valence-electron chi connectivity index (χ2n) is 11.1. The number of halogens is 1. The minimum atomic E-state index is -0.703. The lowest BCUT2D eigenvalue weighted by molar-refractivity contribution is -0.131. The summed E-state index contributed by atoms with van der Waals surface area (Å²) in [6.07, 6.45) is 11.2. The molecule has 0 saturated heterocycles. The largest absolute Gasteiger partial charge is 0.313 e. The van der Waals surface area contributed by atoms with E-state index in [1.54, 1.807) is 6.08 Å². The maximum atomic E-state index is 13.8. The van der Waals surface area contributed by atoms with Gasteiger partial charge in [0.25, 0.3) is 0 Å². The molecule has 4 nitrogen and oxygen atoms in total. The number of aliphatic imine (C=N–C) groups is 1. The Bertz CT molecular complexity index is 996. The first-order valence-corrected chi connectivity index (χ1v) is 13.6. The van der Waals surface area contributed by atoms with Gasteiger partial charge in [0.15, 0.2) is 0 Å². The molecule has 1 fully saturated rings. The smallest absolute Gasteiger partial charge is 0.212 e. The number of rotatable bonds is 13. The van der Waals surface area contributed by atoms with Crippen LogP contribution in [0.15, 0.2) is 65.5 Å². The van der Waals surface area contributed by atoms with E-state index in [0.717, 1.165) is 61.6 Å². The lowest BCUT2D eigenvalue weighted by Crippen LogP contribution is -2.53. The van der Waals surface area contributed by atoms with Crippen LogP contribution in [0.5, 0.6) is 0 Å². The van der Waals surface area contributed by atoms with Crippen molar-refractivity contribution in [2.45, 2.75) is 91.8 Å². The van der Waals surface area contributed by atoms with Crippen molar-refractivity contribution < 1.29 is 14.0 Å². The number of aldehydes is 1. The van der Waals surface area contributed by atoms with Crippen LogP contribution in [0.25, 0.3) is 0 Å². The molecular weight excluding hydrogens is 463 g/mol. The maximum absolute atomic E-state index is 13.8. The van der Waals surface area contributed by atoms with Crippen LogP contribution in [0.4, 0.5) is 4.39 Å². The first-order valence-electron chi connectivity index (χ1n) is 13.6. The van der Waals surface area contributed by atoms with Crippen LogP contribution >= 0.6 is 0 Å². The molecule has 5 heteroatoms. The maximum Gasteiger partial charge on any atom is 0.212 e. The minimum absolute atomic E-state index is 0.164. The third-order valence-corrected chi connectivity index (χ3v) is 7.38. The van der Waals surface area contributed by atoms with Gasteiger partial charge in [-0.15, -0.1) is 0 Å². The van der Waals surface area contributed by atoms with Crippen LogP contribution in [0.1, 0.15) is 102 Å². The molecule has 1 aromatic carbocycles. The Hall–Kier alpha value is -2.82. The van der Waals surface area contributed by atoms with Crippen LogP contribution in [-0.4, -0.2) is 29.0 Å². The van der Waals surface area contributed by atoms with E-state index in [0.29, 0.717) is 29.7 Å². The summed E-state index contributed by atoms with van der Waals surface area (Å²) in [4.78, 5) is 31.6. The number of nitrogens with zero attached hydrogens (tertiary/aromatic N) is 2. The highest BCUT2D eigenvalue weighted by atomic mass is 19.1. The first-order chi connectivity index (χ1) is 17.6. The molecule has 1 aliphatic rings. The molecule has 1 amide bonds. The van der Waals surface area contributed by atoms with Gasteiger partial charge in [0, 0.05) is 11.3 Å². The Morgan fingerprint density at radius 2 is 1.76 bits per heavy atom. The molecule has 202 valence electrons. The molecule has 0 bridgehead atoms. The second-order valence-corrected chi connectivity index (χ2v) is 11.1. The quantitative estimate of drug-likeness (QED) is 0.152. The van der Waals surface area contributed by atoms with Crippen LogP contribution in [0.2, 0.25) is 0 Å². The monoisotopic (exact) mass is 508 g/mol. The van der Waals surface area contributed by atoms with E-state index in [9.17, 15) is 14.0 Å². The third kappa shape index (κ3) is 8.34. The highest BCUT2D eigenvalue weighted by Crippen LogP contribution is 2.45. The number of hydrogen-bond acceptors (Lipinski definition) is 3. The number of amides is 1. The number of hydrogen-bond donors (Lipinski definition) is 0. The number of benzene rings is 1. The summed E-state index contributed by atoms with van der Waals surface area (Å²) >= 11 is 0. The summed E-state index contributed by atoms with van der Waals surface area (Å²) in [6, 6.07) is 7.41. The molecule has 2 rings (SSSR count). The van der Waals surface area contributed by atoms with E-state index >= 15 is 0 Å². The molecule has 1 aliphatic carbocycles. The standard InChI is InChI=1S/C32H45FN2O2/c1-8-29(33)16-11-26(7)30(9-2)34-32(19-24(5)18-25(6)20-32)35(22-37)31(17-10-23(3)4)28-14-12-27(21-36)13-15-28/h8,11-16,21-25,31H,1,9-10,17-20H2,2-7H3/b26-11+,29-16+,34-30+. The molecule has 3 unspecified atom stereocenters. The lowest BCUT2D eigenvalue weighted by atomic mass is 9.74. The molecule has 1 saturated carbocycles. The summed E-state index contributed by atoms with van der Waals surface area (Å²) in [5.41, 5.74) is 2.68. The second kappa shape index (κ2) is 14.2. The van der Waals surface area contributed by atoms with Crippen LogP contribution in [0.3, 0.4) is 0 Å². The average molecular weight is 509 g/mol. The zero-order valence-corrected chi connectivity index (χ0v) is 23.5. The molecule has 37 heavy (non-hydrogen) atoms. The van der Waals surface area contributed by atoms with Crippen molar-refractivity contribution in [1.29, 1.82) is 0 Å². The summed E-state index contributed by atoms with van der Waals surface area (Å²) in [5, 5.41) is 0. The Balaban J connectivity index is 2.70. The van der Waals surface area contributed by atoms with Crippen LogP contribution in [0, 0.1) is 17.8 Å². The van der Waals surface area contributed by atoms with Crippen molar-refractivity contribution in [3.05, 3.63) is 71.6 Å². The summed E-state index contributed by atoms with van der Waals surface area (Å²) < 4.78 is 13.8. The Morgan fingerprint density at radius 1 is 1.14 bits per heavy atom. The first kappa shape index (κ1) is 30.4. The Labute approximate surface area is 223 Å². The Kier molecular flexibility index (Phi) is 11.7. The number of carbonyl (C=O) groups excluding carboxylic acids is 2. The van der Waals surface area contributed by atoms with Gasteiger partial charge in [-0.05, 0) is 86.5 Å². The normalized spacial score (nSPS) is 24.1. The zero-order valence-electron chi connectivity index (χ0n) is 23.5. The van der Waals surface area contributed by atoms with Crippen LogP contribution in [-0.2, 0) is 4.79 Å². The van der Waals surface area contributed by atoms with Gasteiger partial charge in [-0.1, -0.05) is 71.5 Å². The van der Waals surface area contributed by atoms with Crippen molar-refractivity contribution in [2.75, 3.05) is 0 Å². The van der Waals surface area contributed by atoms with Crippen LogP contribution < -0.4 is 0 Å². The van der Waals surface area contributed by atoms with Gasteiger partial charge in [0.2, 0.25) is 6.41 Å². The van der Waals surface area contributed by atoms with E-state index < -0.39 is 11.5 Å². The number of carbonyl (C=O) groups is 2. The fourth-order valence-corrected chi connectivity index (χ4v) is 5.69. The SMILES string of the molecule is C=C\C(F)=C/C=C(C)/C(CC)=N/C1(N(C=O)C(CCC(C)C)c2ccc(C=O)cc2)CC(C)CC(C)C1. The predicted molar refractivity (Wildman–Crippen MR) is 152 cm³/mol. The lowest BCUT2D eigenvalue weighted by Gasteiger charge is -2.49. The summed E-state index contributed by atoms with van der Waals surface area (Å²) in [6.45, 7) is 16.3. The molecule has 0 heterocycles. The van der Waals surface area contributed by atoms with Gasteiger partial charge in [-0.3, -0.25) is 14.6 Å². The van der Waals surface area contributed by atoms with Gasteiger partial charge in [0.1, 0.15) is 17.8 Å². The average Bonchev–Trinajstić information content (AvgIpc) is 2.87. The highest BCUT2D eigenvalue weighted by molar-refractivity contribution is 6.00. The summed E-state index contributed by atoms with van der Waals surface area (Å²) in [5.74, 6) is 0.889. The van der Waals surface area contributed by atoms with Gasteiger partial charge < -0.3 is 4.90 Å². The van der Waals surface area contributed by atoms with Crippen molar-refractivity contribution >= 4 is 18.4 Å². The zero-order chi connectivity index (χ0) is 27.6. The molecule has 0 spiro atoms. The van der Waals surface area contributed by atoms with E-state index in [1.807, 2.05) is 43.0 Å². The van der Waals surface area contributed by atoms with E-state index in [2.05, 4.69) is 34.3 Å². The fourth-order valence-electron chi connectivity index (χ4n) is 5.69. The third-order valence-electron chi connectivity index (χ3n) is 7.38. The van der Waals surface area contributed by atoms with Gasteiger partial charge in [-0.2, -0.15) is 0 Å². The van der Waals surface area contributed by atoms with Crippen molar-refractivity contribution in [3.63, 3.8) is 0 Å². The van der Waals surface area contributed by atoms with Crippen molar-refractivity contribution in [1.82, 2.24) is 4.90 Å². The van der Waals surface area contributed by atoms with Gasteiger partial charge >= 0.3 is 0 Å². The summed E-state index contributed by atoms with van der Waals surface area (Å²) in [7, 11) is 0. The van der Waals surface area contributed by atoms with Gasteiger partial charge in [-0.25, -0.2) is 4.39 Å². The van der Waals surface area contributed by atoms with Crippen molar-refractivity contribution in [2.24, 2.45) is 22.7 Å². The topological polar surface area (TPSA) is 49.7 Å². The van der Waals surface area contributed by atoms with E-state index in [4.69, 9.17) is 4.99 Å². The van der Waals surface area contributed by atoms with Crippen molar-refractivity contribution in [3.8, 4) is 0 Å². The minimum Gasteiger partial charge on any atom is -0.313 e. The molecule has 0 aromatic heterocycles. The van der Waals surface area contributed by atoms with E-state index in [-0.39, 0.29) is 6.04 Å². The molecular formula is C32H45FN2O2. The highest BCUT2D eigenvalue weighted by Gasteiger charge is 2.45. The molecule has 0 radical (unpaired) electrons.